The molecule has 31 heavy (non-hydrogen) atoms. The Bertz CT molecular complexity index is 986. The van der Waals surface area contributed by atoms with Crippen molar-refractivity contribution >= 4 is 34.0 Å². The Labute approximate surface area is 206 Å². The number of hydrogen-bond acceptors (Lipinski definition) is 0. The Kier molecular flexibility index (Phi) is 21.9. The summed E-state index contributed by atoms with van der Waals surface area (Å²) in [5, 5.41) is 5.36. The Hall–Kier alpha value is -1.04. The van der Waals surface area contributed by atoms with E-state index >= 15 is 0 Å². The van der Waals surface area contributed by atoms with Gasteiger partial charge < -0.3 is 29.7 Å². The van der Waals surface area contributed by atoms with E-state index in [9.17, 15) is 0 Å². The van der Waals surface area contributed by atoms with E-state index in [1.165, 1.54) is 46.4 Å². The first-order chi connectivity index (χ1) is 13.2. The number of rotatable bonds is 3. The molecule has 0 fully saturated rings. The zero-order valence-electron chi connectivity index (χ0n) is 20.6. The van der Waals surface area contributed by atoms with Gasteiger partial charge in [0.2, 0.25) is 0 Å². The minimum atomic E-state index is -0.127. The van der Waals surface area contributed by atoms with Crippen LogP contribution in [0.5, 0.6) is 0 Å². The molecule has 0 saturated heterocycles. The number of benzene rings is 2. The molecule has 0 nitrogen and oxygen atoms in total. The summed E-state index contributed by atoms with van der Waals surface area (Å²) in [6.07, 6.45) is 3.87. The van der Waals surface area contributed by atoms with Crippen LogP contribution in [0.3, 0.4) is 0 Å². The van der Waals surface area contributed by atoms with Crippen molar-refractivity contribution in [2.75, 3.05) is 0 Å². The fourth-order valence-corrected chi connectivity index (χ4v) is 2.85. The van der Waals surface area contributed by atoms with E-state index in [1.54, 1.807) is 0 Å². The number of fused-ring (bicyclic) bond motifs is 3. The van der Waals surface area contributed by atoms with Crippen LogP contribution in [0.1, 0.15) is 25.3 Å². The second-order valence-corrected chi connectivity index (χ2v) is 28.7. The summed E-state index contributed by atoms with van der Waals surface area (Å²) < 4.78 is 0. The summed E-state index contributed by atoms with van der Waals surface area (Å²) >= 11 is -0.127. The molecule has 4 rings (SSSR count). The summed E-state index contributed by atoms with van der Waals surface area (Å²) in [7, 11) is 0. The molecule has 0 N–H and O–H groups in total. The molecule has 0 saturated carbocycles. The van der Waals surface area contributed by atoms with Crippen LogP contribution >= 0.6 is 0 Å². The Morgan fingerprint density at radius 1 is 0.871 bits per heavy atom. The number of aryl methyl sites for hydroxylation is 1. The maximum atomic E-state index is 3.59. The third-order valence-corrected chi connectivity index (χ3v) is 22.5. The first kappa shape index (κ1) is 34.6. The van der Waals surface area contributed by atoms with Crippen LogP contribution in [0, 0.1) is 29.7 Å². The molecule has 0 atom stereocenters. The number of unbranched alkanes of at least 4 members (excludes halogenated alkanes) is 1. The van der Waals surface area contributed by atoms with Crippen molar-refractivity contribution < 1.29 is 20.2 Å². The zero-order chi connectivity index (χ0) is 19.5. The van der Waals surface area contributed by atoms with Crippen molar-refractivity contribution in [3.05, 3.63) is 114 Å². The van der Waals surface area contributed by atoms with Gasteiger partial charge in [0.1, 0.15) is 0 Å². The molecule has 2 radical (unpaired) electrons. The molecule has 0 aliphatic carbocycles. The summed E-state index contributed by atoms with van der Waals surface area (Å²) in [5.74, 6) is 0. The van der Waals surface area contributed by atoms with Crippen LogP contribution in [-0.2, 0) is 26.6 Å². The number of hydrogen-bond donors (Lipinski definition) is 0. The van der Waals surface area contributed by atoms with Gasteiger partial charge in [0, 0.05) is 0 Å². The van der Waals surface area contributed by atoms with Gasteiger partial charge in [-0.1, -0.05) is 61.9 Å². The van der Waals surface area contributed by atoms with Crippen LogP contribution in [-0.4, -0.2) is 12.4 Å². The van der Waals surface area contributed by atoms with Crippen LogP contribution in [0.2, 0.25) is 13.1 Å². The Balaban J connectivity index is -0.000000391. The standard InChI is InChI=1S/C13H9.C9H13.C2H6Si.4CH3.Hf.Si/c1-2-6-12-10(4-1)8-9-11-5-3-7-13(11)12;1-2-3-6-9-7-4-5-8-9;1-3-2;;;;;;/h1-9H;4-5,7-8H,2-3,6H2,1H3;1-2H3;4*1H3;;/q2*-1;;4*-1;;. The van der Waals surface area contributed by atoms with Crippen molar-refractivity contribution in [3.63, 3.8) is 0 Å². The summed E-state index contributed by atoms with van der Waals surface area (Å²) in [5.41, 5.74) is 1.72. The van der Waals surface area contributed by atoms with E-state index in [1.807, 2.05) is 0 Å². The van der Waals surface area contributed by atoms with E-state index in [0.717, 1.165) is 0 Å². The molecule has 0 aliphatic heterocycles. The molecular weight excluding hydrogens is 571 g/mol. The second-order valence-electron chi connectivity index (χ2n) is 6.84. The maximum absolute atomic E-state index is 3.59. The topological polar surface area (TPSA) is 0 Å². The van der Waals surface area contributed by atoms with Crippen LogP contribution in [0.25, 0.3) is 21.5 Å². The second kappa shape index (κ2) is 19.6. The Morgan fingerprint density at radius 2 is 1.55 bits per heavy atom. The molecule has 0 spiro atoms. The maximum Gasteiger partial charge on any atom is -0.0370 e. The van der Waals surface area contributed by atoms with E-state index in [2.05, 4.69) is 106 Å². The van der Waals surface area contributed by atoms with E-state index < -0.39 is 0 Å². The van der Waals surface area contributed by atoms with Gasteiger partial charge >= 0.3 is 45.7 Å². The van der Waals surface area contributed by atoms with Crippen LogP contribution in [0.15, 0.2) is 78.9 Å². The van der Waals surface area contributed by atoms with Gasteiger partial charge in [0.05, 0.1) is 0 Å². The minimum absolute atomic E-state index is 0. The zero-order valence-corrected chi connectivity index (χ0v) is 26.2. The smallest absolute Gasteiger partial charge is 0.0370 e. The SMILES string of the molecule is CCCCc1cc[cH-]c1.C[Si](C)=[Hf]=[Si].[CH3-].[CH3-].[CH3-].[CH3-].c1ccc2c(c1)ccc1[cH-]ccc12. The fourth-order valence-electron chi connectivity index (χ4n) is 2.85. The third-order valence-electron chi connectivity index (χ3n) is 4.34. The van der Waals surface area contributed by atoms with Crippen molar-refractivity contribution in [3.8, 4) is 0 Å². The molecule has 0 aliphatic rings. The average molecular weight is 611 g/mol. The van der Waals surface area contributed by atoms with E-state index in [0.29, 0.717) is 0 Å². The van der Waals surface area contributed by atoms with Gasteiger partial charge in [0.15, 0.2) is 0 Å². The normalized spacial score (nSPS) is 8.48. The van der Waals surface area contributed by atoms with Gasteiger partial charge in [0.25, 0.3) is 0 Å². The van der Waals surface area contributed by atoms with Gasteiger partial charge in [-0.25, -0.2) is 6.07 Å². The molecule has 4 aromatic rings. The fraction of sp³-hybridized carbons (Fsp3) is 0.214. The van der Waals surface area contributed by atoms with Crippen molar-refractivity contribution in [1.82, 2.24) is 0 Å². The predicted molar refractivity (Wildman–Crippen MR) is 147 cm³/mol. The monoisotopic (exact) mass is 612 g/mol. The van der Waals surface area contributed by atoms with Gasteiger partial charge in [-0.15, -0.1) is 22.9 Å². The summed E-state index contributed by atoms with van der Waals surface area (Å²) in [4.78, 5) is 0. The molecular formula is C28H40HfSi2-6. The van der Waals surface area contributed by atoms with Crippen LogP contribution in [0.4, 0.5) is 0 Å². The molecule has 4 aromatic carbocycles. The van der Waals surface area contributed by atoms with Gasteiger partial charge in [-0.3, -0.25) is 0 Å². The molecule has 0 aromatic heterocycles. The first-order valence-electron chi connectivity index (χ1n) is 9.62. The third kappa shape index (κ3) is 12.0. The van der Waals surface area contributed by atoms with E-state index in [4.69, 9.17) is 0 Å². The summed E-state index contributed by atoms with van der Waals surface area (Å²) in [6.45, 7) is 10.5. The van der Waals surface area contributed by atoms with E-state index in [-0.39, 0.29) is 55.4 Å². The summed E-state index contributed by atoms with van der Waals surface area (Å²) in [6, 6.07) is 27.9. The predicted octanol–water partition coefficient (Wildman–Crippen LogP) is 8.66. The first-order valence-corrected chi connectivity index (χ1v) is 23.4. The van der Waals surface area contributed by atoms with Gasteiger partial charge in [-0.05, 0) is 5.39 Å². The van der Waals surface area contributed by atoms with Crippen molar-refractivity contribution in [2.45, 2.75) is 39.3 Å². The quantitative estimate of drug-likeness (QED) is 0.161. The van der Waals surface area contributed by atoms with Crippen molar-refractivity contribution in [2.24, 2.45) is 0 Å². The van der Waals surface area contributed by atoms with Crippen LogP contribution < -0.4 is 0 Å². The average Bonchev–Trinajstić information content (AvgIpc) is 3.39. The minimum Gasteiger partial charge on any atom is -0.358 e. The van der Waals surface area contributed by atoms with Gasteiger partial charge in [-0.2, -0.15) is 35.9 Å². The molecule has 0 bridgehead atoms. The molecule has 0 amide bonds. The molecule has 170 valence electrons. The molecule has 3 heteroatoms. The van der Waals surface area contributed by atoms with Crippen molar-refractivity contribution in [1.29, 1.82) is 0 Å². The Morgan fingerprint density at radius 3 is 2.13 bits per heavy atom. The molecule has 0 heterocycles. The molecule has 0 unspecified atom stereocenters. The largest absolute Gasteiger partial charge is 0.358 e.